The van der Waals surface area contributed by atoms with E-state index in [2.05, 4.69) is 9.71 Å². The van der Waals surface area contributed by atoms with E-state index in [0.717, 1.165) is 27.3 Å². The van der Waals surface area contributed by atoms with Crippen LogP contribution in [0.5, 0.6) is 0 Å². The zero-order chi connectivity index (χ0) is 18.2. The van der Waals surface area contributed by atoms with Crippen LogP contribution < -0.4 is 4.72 Å². The number of aryl methyl sites for hydroxylation is 3. The van der Waals surface area contributed by atoms with Crippen LogP contribution in [-0.2, 0) is 21.4 Å². The van der Waals surface area contributed by atoms with Crippen molar-refractivity contribution < 1.29 is 13.2 Å². The van der Waals surface area contributed by atoms with Crippen LogP contribution in [0.2, 0.25) is 0 Å². The zero-order valence-electron chi connectivity index (χ0n) is 14.4. The summed E-state index contributed by atoms with van der Waals surface area (Å²) in [6, 6.07) is 7.26. The quantitative estimate of drug-likeness (QED) is 0.863. The Morgan fingerprint density at radius 1 is 1.24 bits per heavy atom. The van der Waals surface area contributed by atoms with Gasteiger partial charge in [0.2, 0.25) is 10.2 Å². The van der Waals surface area contributed by atoms with Gasteiger partial charge < -0.3 is 4.90 Å². The summed E-state index contributed by atoms with van der Waals surface area (Å²) >= 11 is 1.12. The number of nitrogens with one attached hydrogen (secondary N) is 1. The van der Waals surface area contributed by atoms with Crippen molar-refractivity contribution in [2.45, 2.75) is 44.1 Å². The van der Waals surface area contributed by atoms with Crippen LogP contribution in [0.4, 0.5) is 0 Å². The molecular weight excluding hydrogens is 358 g/mol. The van der Waals surface area contributed by atoms with E-state index in [9.17, 15) is 13.2 Å². The third kappa shape index (κ3) is 3.91. The number of hydrogen-bond acceptors (Lipinski definition) is 5. The summed E-state index contributed by atoms with van der Waals surface area (Å²) in [5.41, 5.74) is 2.90. The number of hydrogen-bond donors (Lipinski definition) is 1. The highest BCUT2D eigenvalue weighted by molar-refractivity contribution is 7.91. The molecule has 6 nitrogen and oxygen atoms in total. The second kappa shape index (κ2) is 6.86. The minimum absolute atomic E-state index is 0.0206. The lowest BCUT2D eigenvalue weighted by molar-refractivity contribution is -0.129. The summed E-state index contributed by atoms with van der Waals surface area (Å²) in [4.78, 5) is 19.2. The number of carbonyl (C=O) groups excluding carboxylic acids is 1. The molecule has 0 spiro atoms. The lowest BCUT2D eigenvalue weighted by Gasteiger charge is -2.17. The number of rotatable bonds is 5. The van der Waals surface area contributed by atoms with Crippen molar-refractivity contribution in [3.05, 3.63) is 46.0 Å². The molecule has 0 bridgehead atoms. The van der Waals surface area contributed by atoms with E-state index in [-0.39, 0.29) is 10.2 Å². The molecule has 1 amide bonds. The summed E-state index contributed by atoms with van der Waals surface area (Å²) in [6.45, 7) is 6.64. The Bertz CT molecular complexity index is 869. The van der Waals surface area contributed by atoms with E-state index in [4.69, 9.17) is 0 Å². The Kier molecular flexibility index (Phi) is 4.95. The monoisotopic (exact) mass is 379 g/mol. The van der Waals surface area contributed by atoms with Gasteiger partial charge in [0, 0.05) is 18.0 Å². The summed E-state index contributed by atoms with van der Waals surface area (Å²) in [7, 11) is -3.77. The van der Waals surface area contributed by atoms with E-state index in [0.29, 0.717) is 25.2 Å². The molecule has 3 rings (SSSR count). The number of sulfonamides is 1. The van der Waals surface area contributed by atoms with Crippen LogP contribution in [-0.4, -0.2) is 36.8 Å². The predicted molar refractivity (Wildman–Crippen MR) is 96.9 cm³/mol. The van der Waals surface area contributed by atoms with Crippen LogP contribution in [0, 0.1) is 20.8 Å². The average molecular weight is 380 g/mol. The van der Waals surface area contributed by atoms with E-state index >= 15 is 0 Å². The molecule has 1 unspecified atom stereocenters. The second-order valence-corrected chi connectivity index (χ2v) is 9.42. The van der Waals surface area contributed by atoms with Gasteiger partial charge in [-0.05, 0) is 32.8 Å². The molecule has 2 heterocycles. The molecule has 0 aliphatic carbocycles. The summed E-state index contributed by atoms with van der Waals surface area (Å²) < 4.78 is 27.5. The first-order chi connectivity index (χ1) is 11.8. The number of nitrogens with zero attached hydrogens (tertiary/aromatic N) is 2. The van der Waals surface area contributed by atoms with Gasteiger partial charge in [-0.25, -0.2) is 13.4 Å². The van der Waals surface area contributed by atoms with E-state index in [1.54, 1.807) is 11.8 Å². The molecule has 0 radical (unpaired) electrons. The van der Waals surface area contributed by atoms with Gasteiger partial charge in [0.25, 0.3) is 10.0 Å². The molecule has 2 aromatic rings. The molecule has 8 heteroatoms. The van der Waals surface area contributed by atoms with Gasteiger partial charge in [-0.15, -0.1) is 11.3 Å². The molecule has 134 valence electrons. The molecule has 1 fully saturated rings. The topological polar surface area (TPSA) is 79.4 Å². The minimum Gasteiger partial charge on any atom is -0.337 e. The number of likely N-dealkylation sites (tertiary alicyclic amines) is 1. The molecule has 1 aliphatic rings. The fourth-order valence-electron chi connectivity index (χ4n) is 2.72. The standard InChI is InChI=1S/C17H21N3O3S2/c1-11-4-6-14(7-5-11)10-20-9-8-15(16(20)21)19-25(22,23)17-18-12(2)13(3)24-17/h4-7,15,19H,8-10H2,1-3H3. The third-order valence-electron chi connectivity index (χ3n) is 4.33. The first kappa shape index (κ1) is 18.0. The Labute approximate surface area is 151 Å². The molecule has 1 aromatic heterocycles. The largest absolute Gasteiger partial charge is 0.337 e. The number of thiazole rings is 1. The Balaban J connectivity index is 1.68. The van der Waals surface area contributed by atoms with Crippen LogP contribution in [0.1, 0.15) is 28.1 Å². The van der Waals surface area contributed by atoms with Gasteiger partial charge in [-0.3, -0.25) is 4.79 Å². The molecule has 1 saturated heterocycles. The molecule has 0 saturated carbocycles. The van der Waals surface area contributed by atoms with Gasteiger partial charge in [0.05, 0.1) is 5.69 Å². The zero-order valence-corrected chi connectivity index (χ0v) is 16.1. The van der Waals surface area contributed by atoms with Crippen LogP contribution in [0.3, 0.4) is 0 Å². The number of aromatic nitrogens is 1. The maximum Gasteiger partial charge on any atom is 0.268 e. The fourth-order valence-corrected chi connectivity index (χ4v) is 5.26. The predicted octanol–water partition coefficient (Wildman–Crippen LogP) is 2.15. The van der Waals surface area contributed by atoms with Crippen LogP contribution >= 0.6 is 11.3 Å². The van der Waals surface area contributed by atoms with E-state index < -0.39 is 16.1 Å². The van der Waals surface area contributed by atoms with Gasteiger partial charge in [-0.1, -0.05) is 29.8 Å². The normalized spacial score (nSPS) is 18.1. The van der Waals surface area contributed by atoms with Crippen molar-refractivity contribution in [2.24, 2.45) is 0 Å². The molecule has 1 N–H and O–H groups in total. The van der Waals surface area contributed by atoms with Gasteiger partial charge in [0.15, 0.2) is 0 Å². The Hall–Kier alpha value is -1.77. The van der Waals surface area contributed by atoms with Crippen molar-refractivity contribution >= 4 is 27.3 Å². The maximum atomic E-state index is 12.5. The highest BCUT2D eigenvalue weighted by atomic mass is 32.2. The highest BCUT2D eigenvalue weighted by Crippen LogP contribution is 2.23. The molecule has 1 aliphatic heterocycles. The summed E-state index contributed by atoms with van der Waals surface area (Å²) in [5.74, 6) is -0.186. The van der Waals surface area contributed by atoms with Gasteiger partial charge in [-0.2, -0.15) is 4.72 Å². The van der Waals surface area contributed by atoms with Crippen molar-refractivity contribution in [1.82, 2.24) is 14.6 Å². The van der Waals surface area contributed by atoms with Crippen molar-refractivity contribution in [2.75, 3.05) is 6.54 Å². The maximum absolute atomic E-state index is 12.5. The summed E-state index contributed by atoms with van der Waals surface area (Å²) in [6.07, 6.45) is 0.466. The third-order valence-corrected chi connectivity index (χ3v) is 7.25. The highest BCUT2D eigenvalue weighted by Gasteiger charge is 2.35. The fraction of sp³-hybridized carbons (Fsp3) is 0.412. The molecular formula is C17H21N3O3S2. The average Bonchev–Trinajstić information content (AvgIpc) is 3.07. The lowest BCUT2D eigenvalue weighted by Crippen LogP contribution is -2.41. The number of amides is 1. The number of benzene rings is 1. The van der Waals surface area contributed by atoms with Crippen LogP contribution in [0.15, 0.2) is 28.6 Å². The molecule has 25 heavy (non-hydrogen) atoms. The smallest absolute Gasteiger partial charge is 0.268 e. The molecule has 1 atom stereocenters. The lowest BCUT2D eigenvalue weighted by atomic mass is 10.1. The van der Waals surface area contributed by atoms with Crippen LogP contribution in [0.25, 0.3) is 0 Å². The molecule has 1 aromatic carbocycles. The van der Waals surface area contributed by atoms with Gasteiger partial charge in [0.1, 0.15) is 6.04 Å². The Morgan fingerprint density at radius 2 is 1.92 bits per heavy atom. The van der Waals surface area contributed by atoms with E-state index in [1.165, 1.54) is 0 Å². The Morgan fingerprint density at radius 3 is 2.52 bits per heavy atom. The minimum atomic E-state index is -3.77. The summed E-state index contributed by atoms with van der Waals surface area (Å²) in [5, 5.41) is 0. The van der Waals surface area contributed by atoms with Gasteiger partial charge >= 0.3 is 0 Å². The van der Waals surface area contributed by atoms with Crippen molar-refractivity contribution in [3.8, 4) is 0 Å². The van der Waals surface area contributed by atoms with E-state index in [1.807, 2.05) is 38.1 Å². The van der Waals surface area contributed by atoms with Crippen molar-refractivity contribution in [1.29, 1.82) is 0 Å². The second-order valence-electron chi connectivity index (χ2n) is 6.33. The number of carbonyl (C=O) groups is 1. The first-order valence-electron chi connectivity index (χ1n) is 8.07. The first-order valence-corrected chi connectivity index (χ1v) is 10.4. The SMILES string of the molecule is Cc1ccc(CN2CCC(NS(=O)(=O)c3nc(C)c(C)s3)C2=O)cc1. The van der Waals surface area contributed by atoms with Crippen molar-refractivity contribution in [3.63, 3.8) is 0 Å².